The lowest BCUT2D eigenvalue weighted by Gasteiger charge is -2.31. The second-order valence-corrected chi connectivity index (χ2v) is 10.4. The van der Waals surface area contributed by atoms with Crippen LogP contribution in [0, 0.1) is 0 Å². The van der Waals surface area contributed by atoms with Crippen LogP contribution in [-0.2, 0) is 11.3 Å². The van der Waals surface area contributed by atoms with Crippen molar-refractivity contribution < 1.29 is 43.5 Å². The van der Waals surface area contributed by atoms with Crippen LogP contribution in [0.15, 0.2) is 97.1 Å². The number of aromatic carboxylic acids is 1. The van der Waals surface area contributed by atoms with Gasteiger partial charge in [-0.25, -0.2) is 9.59 Å². The number of amides is 1. The molecule has 4 aromatic rings. The lowest BCUT2D eigenvalue weighted by atomic mass is 10.0. The van der Waals surface area contributed by atoms with Gasteiger partial charge < -0.3 is 34.1 Å². The van der Waals surface area contributed by atoms with Crippen molar-refractivity contribution in [1.82, 2.24) is 4.90 Å². The van der Waals surface area contributed by atoms with Crippen LogP contribution >= 0.6 is 0 Å². The first kappa shape index (κ1) is 30.9. The van der Waals surface area contributed by atoms with E-state index in [9.17, 15) is 19.5 Å². The van der Waals surface area contributed by atoms with Crippen molar-refractivity contribution in [2.75, 3.05) is 26.3 Å². The van der Waals surface area contributed by atoms with Crippen molar-refractivity contribution in [3.8, 4) is 28.4 Å². The number of carboxylic acids is 1. The number of likely N-dealkylation sites (tertiary alicyclic amines) is 1. The highest BCUT2D eigenvalue weighted by Crippen LogP contribution is 2.26. The van der Waals surface area contributed by atoms with Crippen LogP contribution < -0.4 is 14.2 Å². The smallest absolute Gasteiger partial charge is 0.490 e. The van der Waals surface area contributed by atoms with E-state index >= 15 is 0 Å². The van der Waals surface area contributed by atoms with Crippen molar-refractivity contribution in [3.63, 3.8) is 0 Å². The van der Waals surface area contributed by atoms with Gasteiger partial charge in [0.15, 0.2) is 0 Å². The first-order chi connectivity index (χ1) is 21.9. The quantitative estimate of drug-likeness (QED) is 0.138. The van der Waals surface area contributed by atoms with Crippen LogP contribution in [0.1, 0.15) is 39.1 Å². The van der Waals surface area contributed by atoms with Gasteiger partial charge in [0.1, 0.15) is 43.2 Å². The van der Waals surface area contributed by atoms with E-state index < -0.39 is 24.1 Å². The lowest BCUT2D eigenvalue weighted by molar-refractivity contribution is 0.0198. The molecular weight excluding hydrogens is 578 g/mol. The largest absolute Gasteiger partial charge is 0.506 e. The summed E-state index contributed by atoms with van der Waals surface area (Å²) in [6.07, 6.45) is -1.13. The number of benzene rings is 4. The summed E-state index contributed by atoms with van der Waals surface area (Å²) in [5, 5.41) is 18.3. The molecular formula is C35H33NO9. The SMILES string of the molecule is O=C(O)OC1CCN(C(=O)c2cc(C(=O)O)ccc2OCCOc2ccc(OCc3ccc(-c4ccccc4)cc3)cc2)CC1. The number of hydrogen-bond acceptors (Lipinski definition) is 7. The zero-order valence-electron chi connectivity index (χ0n) is 24.5. The van der Waals surface area contributed by atoms with Gasteiger partial charge in [-0.1, -0.05) is 54.6 Å². The number of piperidine rings is 1. The molecule has 0 aromatic heterocycles. The molecule has 0 radical (unpaired) electrons. The average molecular weight is 612 g/mol. The Morgan fingerprint density at radius 1 is 0.711 bits per heavy atom. The Bertz CT molecular complexity index is 1600. The second-order valence-electron chi connectivity index (χ2n) is 10.4. The zero-order chi connectivity index (χ0) is 31.6. The number of nitrogens with zero attached hydrogens (tertiary/aromatic N) is 1. The van der Waals surface area contributed by atoms with Crippen molar-refractivity contribution in [3.05, 3.63) is 114 Å². The van der Waals surface area contributed by atoms with E-state index in [0.717, 1.165) is 11.1 Å². The molecule has 4 aromatic carbocycles. The highest BCUT2D eigenvalue weighted by molar-refractivity contribution is 6.00. The minimum Gasteiger partial charge on any atom is -0.490 e. The van der Waals surface area contributed by atoms with Gasteiger partial charge in [-0.15, -0.1) is 0 Å². The maximum Gasteiger partial charge on any atom is 0.506 e. The zero-order valence-corrected chi connectivity index (χ0v) is 24.5. The molecule has 0 saturated carbocycles. The van der Waals surface area contributed by atoms with Crippen LogP contribution in [0.4, 0.5) is 4.79 Å². The molecule has 0 atom stereocenters. The first-order valence-electron chi connectivity index (χ1n) is 14.5. The highest BCUT2D eigenvalue weighted by atomic mass is 16.7. The summed E-state index contributed by atoms with van der Waals surface area (Å²) in [5.74, 6) is -0.0161. The molecule has 0 bridgehead atoms. The van der Waals surface area contributed by atoms with E-state index in [2.05, 4.69) is 24.3 Å². The maximum absolute atomic E-state index is 13.3. The second kappa shape index (κ2) is 14.8. The highest BCUT2D eigenvalue weighted by Gasteiger charge is 2.28. The number of rotatable bonds is 12. The molecule has 0 unspecified atom stereocenters. The number of carboxylic acid groups (broad SMARTS) is 2. The number of carbonyl (C=O) groups is 3. The number of hydrogen-bond donors (Lipinski definition) is 2. The monoisotopic (exact) mass is 611 g/mol. The molecule has 1 aliphatic rings. The molecule has 232 valence electrons. The summed E-state index contributed by atoms with van der Waals surface area (Å²) in [5.41, 5.74) is 3.44. The van der Waals surface area contributed by atoms with Crippen molar-refractivity contribution in [1.29, 1.82) is 0 Å². The molecule has 45 heavy (non-hydrogen) atoms. The van der Waals surface area contributed by atoms with E-state index in [0.29, 0.717) is 30.9 Å². The Balaban J connectivity index is 1.10. The topological polar surface area (TPSA) is 132 Å². The minimum atomic E-state index is -1.35. The van der Waals surface area contributed by atoms with Crippen LogP contribution in [0.2, 0.25) is 0 Å². The molecule has 10 heteroatoms. The summed E-state index contributed by atoms with van der Waals surface area (Å²) < 4.78 is 22.4. The van der Waals surface area contributed by atoms with Crippen molar-refractivity contribution in [2.24, 2.45) is 0 Å². The van der Waals surface area contributed by atoms with E-state index in [1.807, 2.05) is 42.5 Å². The summed E-state index contributed by atoms with van der Waals surface area (Å²) in [6, 6.07) is 29.8. The number of carbonyl (C=O) groups excluding carboxylic acids is 1. The summed E-state index contributed by atoms with van der Waals surface area (Å²) in [4.78, 5) is 37.2. The van der Waals surface area contributed by atoms with Gasteiger partial charge >= 0.3 is 12.1 Å². The Kier molecular flexibility index (Phi) is 10.2. The fourth-order valence-electron chi connectivity index (χ4n) is 4.98. The van der Waals surface area contributed by atoms with Gasteiger partial charge in [0, 0.05) is 25.9 Å². The average Bonchev–Trinajstić information content (AvgIpc) is 3.06. The molecule has 10 nitrogen and oxygen atoms in total. The van der Waals surface area contributed by atoms with Crippen molar-refractivity contribution in [2.45, 2.75) is 25.6 Å². The maximum atomic E-state index is 13.3. The third-order valence-electron chi connectivity index (χ3n) is 7.35. The van der Waals surface area contributed by atoms with E-state index in [-0.39, 0.29) is 43.2 Å². The Morgan fingerprint density at radius 2 is 1.33 bits per heavy atom. The molecule has 1 aliphatic heterocycles. The molecule has 1 heterocycles. The van der Waals surface area contributed by atoms with Crippen molar-refractivity contribution >= 4 is 18.0 Å². The third kappa shape index (κ3) is 8.54. The van der Waals surface area contributed by atoms with Crippen LogP contribution in [-0.4, -0.2) is 65.6 Å². The predicted octanol–water partition coefficient (Wildman–Crippen LogP) is 6.39. The van der Waals surface area contributed by atoms with Gasteiger partial charge in [-0.3, -0.25) is 4.79 Å². The number of ether oxygens (including phenoxy) is 4. The Morgan fingerprint density at radius 3 is 1.98 bits per heavy atom. The van der Waals surface area contributed by atoms with Gasteiger partial charge in [0.2, 0.25) is 0 Å². The standard InChI is InChI=1S/C35H33NO9/c37-33(36-18-16-30(17-19-36)45-35(40)41)31-22-27(34(38)39)10-15-32(31)43-21-20-42-28-11-13-29(14-12-28)44-23-24-6-8-26(9-7-24)25-4-2-1-3-5-25/h1-15,22,30H,16-21,23H2,(H,38,39)(H,40,41). The third-order valence-corrected chi connectivity index (χ3v) is 7.35. The van der Waals surface area contributed by atoms with E-state index in [1.165, 1.54) is 28.7 Å². The van der Waals surface area contributed by atoms with E-state index in [1.54, 1.807) is 12.1 Å². The summed E-state index contributed by atoms with van der Waals surface area (Å²) in [7, 11) is 0. The fraction of sp³-hybridized carbons (Fsp3) is 0.229. The normalized spacial score (nSPS) is 13.1. The minimum absolute atomic E-state index is 0.0439. The molecule has 5 rings (SSSR count). The molecule has 1 amide bonds. The Labute approximate surface area is 260 Å². The van der Waals surface area contributed by atoms with Crippen LogP contribution in [0.25, 0.3) is 11.1 Å². The molecule has 0 spiro atoms. The van der Waals surface area contributed by atoms with Gasteiger partial charge in [0.05, 0.1) is 11.1 Å². The van der Waals surface area contributed by atoms with Crippen LogP contribution in [0.3, 0.4) is 0 Å². The Hall–Kier alpha value is -5.51. The molecule has 2 N–H and O–H groups in total. The van der Waals surface area contributed by atoms with Gasteiger partial charge in [-0.2, -0.15) is 0 Å². The molecule has 1 fully saturated rings. The predicted molar refractivity (Wildman–Crippen MR) is 165 cm³/mol. The first-order valence-corrected chi connectivity index (χ1v) is 14.5. The summed E-state index contributed by atoms with van der Waals surface area (Å²) >= 11 is 0. The van der Waals surface area contributed by atoms with Crippen LogP contribution in [0.5, 0.6) is 17.2 Å². The molecule has 1 saturated heterocycles. The van der Waals surface area contributed by atoms with Gasteiger partial charge in [-0.05, 0) is 59.2 Å². The fourth-order valence-corrected chi connectivity index (χ4v) is 4.98. The lowest BCUT2D eigenvalue weighted by Crippen LogP contribution is -2.41. The summed E-state index contributed by atoms with van der Waals surface area (Å²) in [6.45, 7) is 1.27. The van der Waals surface area contributed by atoms with E-state index in [4.69, 9.17) is 24.1 Å². The van der Waals surface area contributed by atoms with Gasteiger partial charge in [0.25, 0.3) is 5.91 Å². The molecule has 0 aliphatic carbocycles.